The summed E-state index contributed by atoms with van der Waals surface area (Å²) in [5, 5.41) is 4.60. The van der Waals surface area contributed by atoms with E-state index in [-0.39, 0.29) is 53.2 Å². The Kier molecular flexibility index (Phi) is 7.82. The van der Waals surface area contributed by atoms with Crippen LogP contribution in [0, 0.1) is 17.8 Å². The molecule has 0 amide bonds. The summed E-state index contributed by atoms with van der Waals surface area (Å²) in [5.74, 6) is -2.41. The predicted octanol–water partition coefficient (Wildman–Crippen LogP) is 6.09. The van der Waals surface area contributed by atoms with Gasteiger partial charge in [-0.2, -0.15) is 23.0 Å². The van der Waals surface area contributed by atoms with Gasteiger partial charge in [-0.15, -0.1) is 0 Å². The number of methoxy groups -OCH3 is 1. The largest absolute Gasteiger partial charge is 0.469 e. The second-order valence-corrected chi connectivity index (χ2v) is 11.6. The Morgan fingerprint density at radius 1 is 1.15 bits per heavy atom. The summed E-state index contributed by atoms with van der Waals surface area (Å²) in [7, 11) is 1.29. The van der Waals surface area contributed by atoms with Crippen LogP contribution in [-0.2, 0) is 37.3 Å². The van der Waals surface area contributed by atoms with Crippen molar-refractivity contribution in [2.24, 2.45) is 17.8 Å². The highest BCUT2D eigenvalue weighted by Gasteiger charge is 2.65. The average molecular weight is 593 g/mol. The van der Waals surface area contributed by atoms with Crippen LogP contribution in [0.25, 0.3) is 5.57 Å². The lowest BCUT2D eigenvalue weighted by Crippen LogP contribution is -2.32. The molecule has 11 heteroatoms. The number of fused-ring (bicyclic) bond motifs is 1. The maximum Gasteiger partial charge on any atom is 0.398 e. The second kappa shape index (κ2) is 10.9. The molecule has 0 spiro atoms. The number of esters is 2. The van der Waals surface area contributed by atoms with E-state index in [2.05, 4.69) is 5.10 Å². The van der Waals surface area contributed by atoms with Crippen LogP contribution in [0.1, 0.15) is 78.8 Å². The van der Waals surface area contributed by atoms with E-state index in [1.54, 1.807) is 6.92 Å². The van der Waals surface area contributed by atoms with Gasteiger partial charge in [-0.1, -0.05) is 36.7 Å². The first-order valence-electron chi connectivity index (χ1n) is 13.9. The Morgan fingerprint density at radius 3 is 2.49 bits per heavy atom. The number of nitrogens with zero attached hydrogens (tertiary/aromatic N) is 2. The molecule has 0 radical (unpaired) electrons. The highest BCUT2D eigenvalue weighted by Crippen LogP contribution is 2.60. The zero-order valence-electron chi connectivity index (χ0n) is 23.1. The van der Waals surface area contributed by atoms with Gasteiger partial charge in [0, 0.05) is 12.0 Å². The molecule has 3 atom stereocenters. The third-order valence-electron chi connectivity index (χ3n) is 8.75. The molecular formula is C30H32ClF3N2O5. The second-order valence-electron chi connectivity index (χ2n) is 11.1. The van der Waals surface area contributed by atoms with E-state index in [0.717, 1.165) is 15.8 Å². The summed E-state index contributed by atoms with van der Waals surface area (Å²) in [4.78, 5) is 39.0. The molecule has 2 aromatic rings. The van der Waals surface area contributed by atoms with Crippen molar-refractivity contribution in [3.05, 3.63) is 57.4 Å². The van der Waals surface area contributed by atoms with Gasteiger partial charge in [-0.25, -0.2) is 0 Å². The van der Waals surface area contributed by atoms with E-state index in [4.69, 9.17) is 21.1 Å². The van der Waals surface area contributed by atoms with Gasteiger partial charge >= 0.3 is 18.1 Å². The molecule has 1 aromatic carbocycles. The van der Waals surface area contributed by atoms with Crippen LogP contribution in [0.5, 0.6) is 0 Å². The van der Waals surface area contributed by atoms with E-state index in [0.29, 0.717) is 43.7 Å². The van der Waals surface area contributed by atoms with Crippen molar-refractivity contribution in [1.82, 2.24) is 9.78 Å². The molecule has 0 bridgehead atoms. The van der Waals surface area contributed by atoms with Gasteiger partial charge in [-0.3, -0.25) is 14.4 Å². The molecule has 0 saturated heterocycles. The normalized spacial score (nSPS) is 23.3. The van der Waals surface area contributed by atoms with Crippen molar-refractivity contribution < 1.29 is 37.0 Å². The zero-order valence-corrected chi connectivity index (χ0v) is 23.9. The van der Waals surface area contributed by atoms with Gasteiger partial charge in [0.15, 0.2) is 0 Å². The van der Waals surface area contributed by atoms with Crippen LogP contribution >= 0.6 is 11.6 Å². The number of halogens is 4. The Hall–Kier alpha value is -3.14. The van der Waals surface area contributed by atoms with E-state index in [1.807, 2.05) is 13.0 Å². The number of alkyl halides is 3. The number of ether oxygens (including phenoxy) is 2. The van der Waals surface area contributed by atoms with Gasteiger partial charge in [-0.05, 0) is 68.6 Å². The van der Waals surface area contributed by atoms with Gasteiger partial charge in [0.1, 0.15) is 0 Å². The first kappa shape index (κ1) is 29.4. The molecule has 0 aliphatic heterocycles. The summed E-state index contributed by atoms with van der Waals surface area (Å²) in [6.07, 6.45) is -0.724. The SMILES string of the molecule is CCOC(=O)[C@@H]1CCC(c2nn(C(=O)c3c(Cl)cccc3C3(C(F)(F)F)CC3)c3c2CCC(C(=O)OC)C3)=C[C@@H]1C. The molecular weight excluding hydrogens is 561 g/mol. The number of allylic oxidation sites excluding steroid dienone is 2. The third kappa shape index (κ3) is 5.08. The number of hydrogen-bond donors (Lipinski definition) is 0. The lowest BCUT2D eigenvalue weighted by molar-refractivity contribution is -0.160. The van der Waals surface area contributed by atoms with Gasteiger partial charge in [0.2, 0.25) is 0 Å². The molecule has 0 N–H and O–H groups in total. The fraction of sp³-hybridized carbons (Fsp3) is 0.533. The summed E-state index contributed by atoms with van der Waals surface area (Å²) >= 11 is 6.43. The molecule has 41 heavy (non-hydrogen) atoms. The number of carbonyl (C=O) groups is 3. The van der Waals surface area contributed by atoms with Crippen molar-refractivity contribution in [2.75, 3.05) is 13.7 Å². The monoisotopic (exact) mass is 592 g/mol. The van der Waals surface area contributed by atoms with Gasteiger partial charge < -0.3 is 9.47 Å². The van der Waals surface area contributed by atoms with E-state index in [1.165, 1.54) is 25.3 Å². The standard InChI is InChI=1S/C30H32ClF3N2O5/c1-4-41-28(39)19-10-8-17(14-16(19)2)25-20-11-9-18(27(38)40-3)15-23(20)36(35-25)26(37)24-21(6-5-7-22(24)31)29(12-13-29)30(32,33)34/h5-7,14,16,18-19H,4,8-13,15H2,1-3H3/t16-,18?,19+/m0/s1. The summed E-state index contributed by atoms with van der Waals surface area (Å²) in [5.41, 5.74) is 0.150. The number of rotatable bonds is 6. The topological polar surface area (TPSA) is 87.5 Å². The van der Waals surface area contributed by atoms with Crippen molar-refractivity contribution in [2.45, 2.75) is 70.4 Å². The first-order valence-corrected chi connectivity index (χ1v) is 14.3. The molecule has 7 nitrogen and oxygen atoms in total. The first-order chi connectivity index (χ1) is 19.4. The minimum atomic E-state index is -4.55. The molecule has 5 rings (SSSR count). The minimum Gasteiger partial charge on any atom is -0.469 e. The Bertz CT molecular complexity index is 1430. The smallest absolute Gasteiger partial charge is 0.398 e. The number of hydrogen-bond acceptors (Lipinski definition) is 6. The summed E-state index contributed by atoms with van der Waals surface area (Å²) < 4.78 is 53.8. The van der Waals surface area contributed by atoms with Crippen LogP contribution in [0.4, 0.5) is 13.2 Å². The average Bonchev–Trinajstić information content (AvgIpc) is 3.68. The Balaban J connectivity index is 1.61. The predicted molar refractivity (Wildman–Crippen MR) is 144 cm³/mol. The Morgan fingerprint density at radius 2 is 1.88 bits per heavy atom. The van der Waals surface area contributed by atoms with Crippen LogP contribution in [0.15, 0.2) is 24.3 Å². The van der Waals surface area contributed by atoms with Crippen LogP contribution in [-0.4, -0.2) is 47.5 Å². The highest BCUT2D eigenvalue weighted by atomic mass is 35.5. The molecule has 1 heterocycles. The molecule has 1 fully saturated rings. The van der Waals surface area contributed by atoms with Gasteiger partial charge in [0.05, 0.1) is 52.9 Å². The zero-order chi connectivity index (χ0) is 29.7. The number of carbonyl (C=O) groups excluding carboxylic acids is 3. The van der Waals surface area contributed by atoms with Crippen molar-refractivity contribution in [3.8, 4) is 0 Å². The van der Waals surface area contributed by atoms with Crippen molar-refractivity contribution in [1.29, 1.82) is 0 Å². The summed E-state index contributed by atoms with van der Waals surface area (Å²) in [6.45, 7) is 3.97. The van der Waals surface area contributed by atoms with E-state index in [9.17, 15) is 27.6 Å². The molecule has 3 aliphatic carbocycles. The Labute approximate surface area is 241 Å². The minimum absolute atomic E-state index is 0.0862. The maximum absolute atomic E-state index is 14.2. The lowest BCUT2D eigenvalue weighted by atomic mass is 9.79. The van der Waals surface area contributed by atoms with Crippen molar-refractivity contribution >= 4 is 35.0 Å². The maximum atomic E-state index is 14.2. The third-order valence-corrected chi connectivity index (χ3v) is 9.07. The molecule has 1 unspecified atom stereocenters. The number of benzene rings is 1. The van der Waals surface area contributed by atoms with Crippen LogP contribution in [0.2, 0.25) is 5.02 Å². The lowest BCUT2D eigenvalue weighted by Gasteiger charge is -2.26. The highest BCUT2D eigenvalue weighted by molar-refractivity contribution is 6.34. The molecule has 3 aliphatic rings. The molecule has 1 saturated carbocycles. The van der Waals surface area contributed by atoms with E-state index < -0.39 is 29.4 Å². The number of aromatic nitrogens is 2. The fourth-order valence-electron chi connectivity index (χ4n) is 6.35. The van der Waals surface area contributed by atoms with Crippen molar-refractivity contribution in [3.63, 3.8) is 0 Å². The quantitative estimate of drug-likeness (QED) is 0.377. The van der Waals surface area contributed by atoms with Gasteiger partial charge in [0.25, 0.3) is 5.91 Å². The molecule has 220 valence electrons. The molecule has 1 aromatic heterocycles. The summed E-state index contributed by atoms with van der Waals surface area (Å²) in [6, 6.07) is 4.14. The van der Waals surface area contributed by atoms with Crippen LogP contribution in [0.3, 0.4) is 0 Å². The van der Waals surface area contributed by atoms with E-state index >= 15 is 0 Å². The fourth-order valence-corrected chi connectivity index (χ4v) is 6.61. The van der Waals surface area contributed by atoms with Crippen LogP contribution < -0.4 is 0 Å².